The molecule has 1 saturated heterocycles. The number of anilines is 1. The molecule has 1 aliphatic heterocycles. The van der Waals surface area contributed by atoms with E-state index in [2.05, 4.69) is 15.6 Å². The number of aromatic nitrogens is 3. The summed E-state index contributed by atoms with van der Waals surface area (Å²) in [6, 6.07) is 1.47. The van der Waals surface area contributed by atoms with Crippen LogP contribution in [0.4, 0.5) is 5.82 Å². The molecule has 1 fully saturated rings. The first kappa shape index (κ1) is 15.7. The van der Waals surface area contributed by atoms with Gasteiger partial charge in [0.1, 0.15) is 17.1 Å². The summed E-state index contributed by atoms with van der Waals surface area (Å²) < 4.78 is 30.0. The first-order valence-corrected chi connectivity index (χ1v) is 9.10. The lowest BCUT2D eigenvalue weighted by molar-refractivity contribution is 0.102. The van der Waals surface area contributed by atoms with Gasteiger partial charge in [0.05, 0.1) is 28.9 Å². The molecule has 124 valence electrons. The Morgan fingerprint density at radius 1 is 1.39 bits per heavy atom. The molecule has 1 aliphatic rings. The Labute approximate surface area is 133 Å². The Morgan fingerprint density at radius 3 is 2.70 bits per heavy atom. The standard InChI is InChI=1S/C14H18N4O4S/c1-8-6-12(15-14(19)13-9(2)17-22-10(13)3)18(16-8)11-4-5-23(20,21)7-11/h6,11H,4-5,7H2,1-3H3,(H,15,19). The van der Waals surface area contributed by atoms with Crippen LogP contribution in [0.25, 0.3) is 0 Å². The van der Waals surface area contributed by atoms with Gasteiger partial charge in [-0.05, 0) is 27.2 Å². The first-order chi connectivity index (χ1) is 10.8. The molecule has 0 spiro atoms. The van der Waals surface area contributed by atoms with E-state index in [9.17, 15) is 13.2 Å². The average Bonchev–Trinajstić information content (AvgIpc) is 3.08. The summed E-state index contributed by atoms with van der Waals surface area (Å²) in [5.41, 5.74) is 1.60. The van der Waals surface area contributed by atoms with Crippen LogP contribution in [0.2, 0.25) is 0 Å². The molecule has 3 heterocycles. The van der Waals surface area contributed by atoms with Gasteiger partial charge in [-0.3, -0.25) is 4.79 Å². The Kier molecular flexibility index (Phi) is 3.75. The highest BCUT2D eigenvalue weighted by atomic mass is 32.2. The van der Waals surface area contributed by atoms with Crippen LogP contribution in [0, 0.1) is 20.8 Å². The van der Waals surface area contributed by atoms with Gasteiger partial charge >= 0.3 is 0 Å². The maximum absolute atomic E-state index is 12.5. The Morgan fingerprint density at radius 2 is 2.13 bits per heavy atom. The maximum atomic E-state index is 12.5. The second kappa shape index (κ2) is 5.48. The van der Waals surface area contributed by atoms with Crippen molar-refractivity contribution >= 4 is 21.6 Å². The van der Waals surface area contributed by atoms with Crippen LogP contribution >= 0.6 is 0 Å². The van der Waals surface area contributed by atoms with Gasteiger partial charge in [-0.25, -0.2) is 13.1 Å². The largest absolute Gasteiger partial charge is 0.361 e. The molecule has 0 saturated carbocycles. The lowest BCUT2D eigenvalue weighted by atomic mass is 10.2. The van der Waals surface area contributed by atoms with E-state index in [1.54, 1.807) is 31.5 Å². The van der Waals surface area contributed by atoms with Crippen molar-refractivity contribution in [1.29, 1.82) is 0 Å². The zero-order valence-electron chi connectivity index (χ0n) is 13.2. The van der Waals surface area contributed by atoms with Crippen LogP contribution in [-0.2, 0) is 9.84 Å². The number of amides is 1. The zero-order chi connectivity index (χ0) is 16.8. The number of aryl methyl sites for hydroxylation is 3. The monoisotopic (exact) mass is 338 g/mol. The molecule has 1 atom stereocenters. The van der Waals surface area contributed by atoms with Crippen LogP contribution in [-0.4, -0.2) is 40.8 Å². The van der Waals surface area contributed by atoms with E-state index in [0.717, 1.165) is 0 Å². The lowest BCUT2D eigenvalue weighted by Crippen LogP contribution is -2.20. The summed E-state index contributed by atoms with van der Waals surface area (Å²) in [6.07, 6.45) is 0.498. The van der Waals surface area contributed by atoms with Gasteiger partial charge in [-0.15, -0.1) is 0 Å². The minimum Gasteiger partial charge on any atom is -0.361 e. The van der Waals surface area contributed by atoms with Crippen LogP contribution in [0.15, 0.2) is 10.6 Å². The molecule has 9 heteroatoms. The highest BCUT2D eigenvalue weighted by molar-refractivity contribution is 7.91. The Hall–Kier alpha value is -2.16. The molecule has 2 aromatic heterocycles. The van der Waals surface area contributed by atoms with E-state index in [-0.39, 0.29) is 23.5 Å². The molecular formula is C14H18N4O4S. The summed E-state index contributed by atoms with van der Waals surface area (Å²) >= 11 is 0. The minimum absolute atomic E-state index is 0.0440. The van der Waals surface area contributed by atoms with Crippen LogP contribution in [0.3, 0.4) is 0 Å². The third-order valence-corrected chi connectivity index (χ3v) is 5.66. The third-order valence-electron chi connectivity index (χ3n) is 3.91. The fourth-order valence-corrected chi connectivity index (χ4v) is 4.53. The van der Waals surface area contributed by atoms with Crippen molar-refractivity contribution in [2.75, 3.05) is 16.8 Å². The number of rotatable bonds is 3. The molecule has 23 heavy (non-hydrogen) atoms. The normalized spacial score (nSPS) is 19.9. The fraction of sp³-hybridized carbons (Fsp3) is 0.500. The highest BCUT2D eigenvalue weighted by Crippen LogP contribution is 2.27. The highest BCUT2D eigenvalue weighted by Gasteiger charge is 2.31. The molecule has 0 bridgehead atoms. The molecule has 0 radical (unpaired) electrons. The van der Waals surface area contributed by atoms with Crippen molar-refractivity contribution < 1.29 is 17.7 Å². The van der Waals surface area contributed by atoms with Gasteiger partial charge in [0.2, 0.25) is 0 Å². The molecule has 1 unspecified atom stereocenters. The van der Waals surface area contributed by atoms with Gasteiger partial charge < -0.3 is 9.84 Å². The number of nitrogens with zero attached hydrogens (tertiary/aromatic N) is 3. The van der Waals surface area contributed by atoms with Gasteiger partial charge in [0.15, 0.2) is 9.84 Å². The Balaban J connectivity index is 1.88. The smallest absolute Gasteiger partial charge is 0.262 e. The Bertz CT molecular complexity index is 846. The van der Waals surface area contributed by atoms with Crippen LogP contribution in [0.5, 0.6) is 0 Å². The van der Waals surface area contributed by atoms with Gasteiger partial charge in [0.25, 0.3) is 5.91 Å². The third kappa shape index (κ3) is 3.00. The molecule has 2 aromatic rings. The van der Waals surface area contributed by atoms with Crippen LogP contribution < -0.4 is 5.32 Å². The number of nitrogens with one attached hydrogen (secondary N) is 1. The number of hydrogen-bond acceptors (Lipinski definition) is 6. The molecule has 8 nitrogen and oxygen atoms in total. The van der Waals surface area contributed by atoms with Gasteiger partial charge in [-0.1, -0.05) is 5.16 Å². The maximum Gasteiger partial charge on any atom is 0.262 e. The quantitative estimate of drug-likeness (QED) is 0.906. The minimum atomic E-state index is -3.03. The van der Waals surface area contributed by atoms with Crippen LogP contribution in [0.1, 0.15) is 40.0 Å². The number of carbonyl (C=O) groups excluding carboxylic acids is 1. The zero-order valence-corrected chi connectivity index (χ0v) is 14.0. The lowest BCUT2D eigenvalue weighted by Gasteiger charge is -2.13. The summed E-state index contributed by atoms with van der Waals surface area (Å²) in [4.78, 5) is 12.5. The van der Waals surface area contributed by atoms with E-state index >= 15 is 0 Å². The fourth-order valence-electron chi connectivity index (χ4n) is 2.84. The second-order valence-electron chi connectivity index (χ2n) is 5.83. The average molecular weight is 338 g/mol. The van der Waals surface area contributed by atoms with Crippen molar-refractivity contribution in [2.24, 2.45) is 0 Å². The molecule has 1 N–H and O–H groups in total. The van der Waals surface area contributed by atoms with Gasteiger partial charge in [-0.2, -0.15) is 5.10 Å². The molecule has 1 amide bonds. The topological polar surface area (TPSA) is 107 Å². The van der Waals surface area contributed by atoms with Gasteiger partial charge in [0, 0.05) is 6.07 Å². The van der Waals surface area contributed by atoms with E-state index in [1.807, 2.05) is 0 Å². The molecule has 0 aliphatic carbocycles. The SMILES string of the molecule is Cc1cc(NC(=O)c2c(C)noc2C)n(C2CCS(=O)(=O)C2)n1. The van der Waals surface area contributed by atoms with Crippen molar-refractivity contribution in [3.05, 3.63) is 28.8 Å². The van der Waals surface area contributed by atoms with Crippen molar-refractivity contribution in [1.82, 2.24) is 14.9 Å². The summed E-state index contributed by atoms with van der Waals surface area (Å²) in [5.74, 6) is 0.764. The molecule has 3 rings (SSSR count). The second-order valence-corrected chi connectivity index (χ2v) is 8.05. The van der Waals surface area contributed by atoms with Crippen molar-refractivity contribution in [3.8, 4) is 0 Å². The summed E-state index contributed by atoms with van der Waals surface area (Å²) in [5, 5.41) is 10.9. The number of hydrogen-bond donors (Lipinski definition) is 1. The van der Waals surface area contributed by atoms with E-state index in [1.165, 1.54) is 0 Å². The van der Waals surface area contributed by atoms with Crippen molar-refractivity contribution in [2.45, 2.75) is 33.2 Å². The summed E-state index contributed by atoms with van der Waals surface area (Å²) in [7, 11) is -3.03. The number of sulfone groups is 1. The van der Waals surface area contributed by atoms with E-state index in [4.69, 9.17) is 4.52 Å². The van der Waals surface area contributed by atoms with E-state index < -0.39 is 9.84 Å². The van der Waals surface area contributed by atoms with E-state index in [0.29, 0.717) is 35.0 Å². The predicted octanol–water partition coefficient (Wildman–Crippen LogP) is 1.41. The number of carbonyl (C=O) groups is 1. The molecular weight excluding hydrogens is 320 g/mol. The summed E-state index contributed by atoms with van der Waals surface area (Å²) in [6.45, 7) is 5.16. The first-order valence-electron chi connectivity index (χ1n) is 7.27. The predicted molar refractivity (Wildman–Crippen MR) is 83.2 cm³/mol. The van der Waals surface area contributed by atoms with Crippen molar-refractivity contribution in [3.63, 3.8) is 0 Å². The molecule has 0 aromatic carbocycles.